The van der Waals surface area contributed by atoms with Gasteiger partial charge < -0.3 is 0 Å². The van der Waals surface area contributed by atoms with E-state index in [1.54, 1.807) is 0 Å². The fourth-order valence-corrected chi connectivity index (χ4v) is 9.46. The van der Waals surface area contributed by atoms with Crippen LogP contribution in [0.3, 0.4) is 0 Å². The van der Waals surface area contributed by atoms with Gasteiger partial charge in [0.15, 0.2) is 25.8 Å². The summed E-state index contributed by atoms with van der Waals surface area (Å²) < 4.78 is 175. The summed E-state index contributed by atoms with van der Waals surface area (Å²) in [5.41, 5.74) is -2.41. The second-order valence-corrected chi connectivity index (χ2v) is 17.9. The molecule has 0 amide bonds. The van der Waals surface area contributed by atoms with Gasteiger partial charge in [-0.15, -0.1) is 0 Å². The maximum atomic E-state index is 13.6. The Kier molecular flexibility index (Phi) is 14.3. The molecule has 7 rings (SSSR count). The van der Waals surface area contributed by atoms with E-state index in [-0.39, 0.29) is 21.9 Å². The van der Waals surface area contributed by atoms with Gasteiger partial charge in [0.05, 0.1) is 22.3 Å². The summed E-state index contributed by atoms with van der Waals surface area (Å²) in [6.07, 6.45) is -22.0. The summed E-state index contributed by atoms with van der Waals surface area (Å²) in [7, 11) is -2.51. The van der Waals surface area contributed by atoms with E-state index in [0.717, 1.165) is 69.0 Å². The Morgan fingerprint density at radius 3 is 1.03 bits per heavy atom. The van der Waals surface area contributed by atoms with Crippen molar-refractivity contribution in [2.45, 2.75) is 35.4 Å². The second kappa shape index (κ2) is 19.2. The van der Waals surface area contributed by atoms with Gasteiger partial charge in [-0.1, -0.05) is 166 Å². The van der Waals surface area contributed by atoms with Gasteiger partial charge in [0.1, 0.15) is 6.15 Å². The maximum Gasteiger partial charge on any atom is 0.416 e. The van der Waals surface area contributed by atoms with Crippen molar-refractivity contribution in [2.24, 2.45) is 0 Å². The summed E-state index contributed by atoms with van der Waals surface area (Å²) >= 11 is 3.43. The summed E-state index contributed by atoms with van der Waals surface area (Å²) in [4.78, 5) is 0.774. The fourth-order valence-electron chi connectivity index (χ4n) is 7.29. The highest BCUT2D eigenvalue weighted by Gasteiger charge is 2.38. The molecule has 0 radical (unpaired) electrons. The normalized spacial score (nSPS) is 13.1. The van der Waals surface area contributed by atoms with Gasteiger partial charge in [0.25, 0.3) is 0 Å². The van der Waals surface area contributed by atoms with Gasteiger partial charge in [-0.05, 0) is 42.3 Å². The summed E-state index contributed by atoms with van der Waals surface area (Å²) in [6, 6.07) is 40.6. The van der Waals surface area contributed by atoms with E-state index in [1.165, 1.54) is 0 Å². The van der Waals surface area contributed by atoms with E-state index in [0.29, 0.717) is 54.3 Å². The van der Waals surface area contributed by atoms with E-state index in [4.69, 9.17) is 0 Å². The lowest BCUT2D eigenvalue weighted by atomic mass is 9.13. The highest BCUT2D eigenvalue weighted by molar-refractivity contribution is 9.10. The molecular weight excluding hydrogens is 955 g/mol. The third kappa shape index (κ3) is 11.6. The van der Waals surface area contributed by atoms with E-state index in [9.17, 15) is 56.9 Å². The first-order valence-corrected chi connectivity index (χ1v) is 21.8. The van der Waals surface area contributed by atoms with Crippen LogP contribution in [0.4, 0.5) is 52.7 Å². The quantitative estimate of drug-likeness (QED) is 0.0673. The lowest BCUT2D eigenvalue weighted by Gasteiger charge is -2.44. The predicted molar refractivity (Wildman–Crippen MR) is 234 cm³/mol. The highest BCUT2D eigenvalue weighted by Crippen LogP contribution is 2.33. The topological polar surface area (TPSA) is 17.1 Å². The molecule has 16 heteroatoms. The molecule has 0 aliphatic carbocycles. The Balaban J connectivity index is 0.000000247. The van der Waals surface area contributed by atoms with E-state index in [2.05, 4.69) is 27.1 Å². The Morgan fingerprint density at radius 1 is 0.415 bits per heavy atom. The Bertz CT molecular complexity index is 2540. The van der Waals surface area contributed by atoms with Crippen LogP contribution in [0.25, 0.3) is 0 Å². The molecule has 7 aromatic carbocycles. The molecule has 0 aliphatic heterocycles. The molecule has 1 unspecified atom stereocenters. The smallest absolute Gasteiger partial charge is 0.195 e. The zero-order valence-electron chi connectivity index (χ0n) is 33.3. The number of hydrogen-bond donors (Lipinski definition) is 0. The van der Waals surface area contributed by atoms with Gasteiger partial charge in [-0.3, -0.25) is 0 Å². The number of halogens is 13. The van der Waals surface area contributed by atoms with Crippen molar-refractivity contribution < 1.29 is 56.9 Å². The van der Waals surface area contributed by atoms with Gasteiger partial charge in [-0.25, -0.2) is 0 Å². The molecule has 334 valence electrons. The molecule has 0 aromatic heterocycles. The van der Waals surface area contributed by atoms with Crippen LogP contribution in [0, 0.1) is 11.2 Å². The second-order valence-electron chi connectivity index (χ2n) is 14.7. The van der Waals surface area contributed by atoms with Crippen LogP contribution in [0.1, 0.15) is 33.4 Å². The Labute approximate surface area is 375 Å². The van der Waals surface area contributed by atoms with Crippen LogP contribution in [-0.4, -0.2) is 6.15 Å². The van der Waals surface area contributed by atoms with Crippen LogP contribution < -0.4 is 21.9 Å². The van der Waals surface area contributed by atoms with Crippen molar-refractivity contribution in [3.05, 3.63) is 220 Å². The molecule has 0 saturated heterocycles. The number of rotatable bonds is 7. The molecule has 1 atom stereocenters. The first-order valence-electron chi connectivity index (χ1n) is 19.3. The van der Waals surface area contributed by atoms with Crippen molar-refractivity contribution in [3.8, 4) is 11.2 Å². The van der Waals surface area contributed by atoms with Crippen LogP contribution >= 0.6 is 15.9 Å². The minimum absolute atomic E-state index is 0.0114. The minimum Gasteiger partial charge on any atom is -0.195 e. The Morgan fingerprint density at radius 2 is 0.723 bits per heavy atom. The standard InChI is InChI=1S/C28H16BF12.C21H16BrOS/c30-25(31,32)17-1-9-21(10-2-17)29(22-11-3-18(4-12-22)26(33,34)35,23-13-5-19(6-14-23)27(36,37)38)24-15-7-20(8-16-24)28(39,40)41;22-20-13-11-19(12-14-20)17-24(23,21-9-5-2-6-10-21)16-15-18-7-3-1-4-8-18/h1-16H;1-14H,17H2/q-1;+1. The van der Waals surface area contributed by atoms with Crippen molar-refractivity contribution in [1.82, 2.24) is 0 Å². The molecule has 0 fully saturated rings. The van der Waals surface area contributed by atoms with Crippen LogP contribution in [0.5, 0.6) is 0 Å². The molecule has 0 saturated carbocycles. The molecule has 7 aromatic rings. The summed E-state index contributed by atoms with van der Waals surface area (Å²) in [5.74, 6) is 3.49. The SMILES string of the molecule is FC(F)(F)c1ccc([B-](c2ccc(C(F)(F)F)cc2)(c2ccc(C(F)(F)F)cc2)c2ccc(C(F)(F)F)cc2)cc1.O=[S+](C#Cc1ccccc1)(Cc1ccc(Br)cc1)c1ccccc1. The van der Waals surface area contributed by atoms with Crippen LogP contribution in [-0.2, 0) is 44.6 Å². The third-order valence-electron chi connectivity index (χ3n) is 10.5. The van der Waals surface area contributed by atoms with Crippen molar-refractivity contribution >= 4 is 53.9 Å². The largest absolute Gasteiger partial charge is 0.416 e. The van der Waals surface area contributed by atoms with Gasteiger partial charge in [-0.2, -0.15) is 74.5 Å². The zero-order valence-corrected chi connectivity index (χ0v) is 35.7. The molecule has 65 heavy (non-hydrogen) atoms. The molecule has 0 spiro atoms. The lowest BCUT2D eigenvalue weighted by Crippen LogP contribution is -2.74. The van der Waals surface area contributed by atoms with Gasteiger partial charge >= 0.3 is 24.7 Å². The van der Waals surface area contributed by atoms with E-state index in [1.807, 2.05) is 84.9 Å². The van der Waals surface area contributed by atoms with Crippen molar-refractivity contribution in [1.29, 1.82) is 0 Å². The van der Waals surface area contributed by atoms with Gasteiger partial charge in [0, 0.05) is 15.6 Å². The molecule has 0 N–H and O–H groups in total. The molecule has 0 bridgehead atoms. The van der Waals surface area contributed by atoms with E-state index >= 15 is 0 Å². The molecular formula is C49H32BBrF12OS. The maximum absolute atomic E-state index is 13.6. The minimum atomic E-state index is -4.77. The monoisotopic (exact) mass is 986 g/mol. The van der Waals surface area contributed by atoms with Gasteiger partial charge in [0.2, 0.25) is 0 Å². The molecule has 0 heterocycles. The van der Waals surface area contributed by atoms with Crippen LogP contribution in [0.2, 0.25) is 0 Å². The summed E-state index contributed by atoms with van der Waals surface area (Å²) in [5, 5.41) is 3.06. The van der Waals surface area contributed by atoms with E-state index < -0.39 is 63.0 Å². The number of alkyl halides is 12. The molecule has 1 nitrogen and oxygen atoms in total. The van der Waals surface area contributed by atoms with Crippen molar-refractivity contribution in [3.63, 3.8) is 0 Å². The van der Waals surface area contributed by atoms with Crippen molar-refractivity contribution in [2.75, 3.05) is 0 Å². The van der Waals surface area contributed by atoms with Crippen LogP contribution in [0.15, 0.2) is 191 Å². The average molecular weight is 988 g/mol. The lowest BCUT2D eigenvalue weighted by molar-refractivity contribution is -0.138. The Hall–Kier alpha value is -6.05. The zero-order chi connectivity index (χ0) is 47.3. The summed E-state index contributed by atoms with van der Waals surface area (Å²) in [6.45, 7) is 0. The number of hydrogen-bond acceptors (Lipinski definition) is 1. The third-order valence-corrected chi connectivity index (χ3v) is 13.2. The fraction of sp³-hybridized carbons (Fsp3) is 0.102. The molecule has 0 aliphatic rings. The first-order chi connectivity index (χ1) is 30.5. The first kappa shape index (κ1) is 48.4. The average Bonchev–Trinajstić information content (AvgIpc) is 3.27. The number of benzene rings is 7. The predicted octanol–water partition coefficient (Wildman–Crippen LogP) is 12.7. The highest BCUT2D eigenvalue weighted by atomic mass is 79.9.